The molecule has 8 nitrogen and oxygen atoms in total. The van der Waals surface area contributed by atoms with Crippen LogP contribution in [0.2, 0.25) is 0 Å². The van der Waals surface area contributed by atoms with E-state index in [0.29, 0.717) is 16.8 Å². The van der Waals surface area contributed by atoms with Crippen LogP contribution < -0.4 is 15.4 Å². The highest BCUT2D eigenvalue weighted by atomic mass is 19.1. The van der Waals surface area contributed by atoms with E-state index >= 15 is 0 Å². The molecule has 0 spiro atoms. The number of amides is 2. The molecule has 1 saturated carbocycles. The van der Waals surface area contributed by atoms with Gasteiger partial charge in [0, 0.05) is 23.1 Å². The van der Waals surface area contributed by atoms with Crippen LogP contribution in [-0.2, 0) is 4.79 Å². The fourth-order valence-corrected chi connectivity index (χ4v) is 5.65. The molecule has 2 aliphatic heterocycles. The molecule has 1 aromatic heterocycles. The largest absolute Gasteiger partial charge is 0.474 e. The van der Waals surface area contributed by atoms with Gasteiger partial charge in [0.25, 0.3) is 11.8 Å². The Morgan fingerprint density at radius 3 is 2.52 bits per heavy atom. The molecule has 40 heavy (non-hydrogen) atoms. The average molecular weight is 540 g/mol. The summed E-state index contributed by atoms with van der Waals surface area (Å²) in [6.07, 6.45) is 0.918. The SMILES string of the molecule is O=C(N[C@H]1N=C(c2ccccc2)c2cccc(F)c2NC1=O)c1c(-c2ccccc2F)nn2c1O[C@@H]1CC[C@H]2C1. The predicted octanol–water partition coefficient (Wildman–Crippen LogP) is 4.86. The van der Waals surface area contributed by atoms with Gasteiger partial charge in [-0.15, -0.1) is 0 Å². The zero-order valence-electron chi connectivity index (χ0n) is 21.1. The quantitative estimate of drug-likeness (QED) is 0.387. The second-order valence-corrected chi connectivity index (χ2v) is 10.0. The molecule has 0 radical (unpaired) electrons. The van der Waals surface area contributed by atoms with E-state index in [0.717, 1.165) is 19.3 Å². The molecule has 4 aromatic rings. The monoisotopic (exact) mass is 539 g/mol. The molecule has 10 heteroatoms. The number of hydrogen-bond donors (Lipinski definition) is 2. The van der Waals surface area contributed by atoms with E-state index in [2.05, 4.69) is 20.7 Å². The van der Waals surface area contributed by atoms with Crippen LogP contribution in [0.15, 0.2) is 77.8 Å². The summed E-state index contributed by atoms with van der Waals surface area (Å²) < 4.78 is 37.6. The van der Waals surface area contributed by atoms with Crippen LogP contribution in [0.1, 0.15) is 46.8 Å². The van der Waals surface area contributed by atoms with Crippen molar-refractivity contribution in [2.75, 3.05) is 5.32 Å². The van der Waals surface area contributed by atoms with Crippen molar-refractivity contribution in [2.45, 2.75) is 37.6 Å². The second kappa shape index (κ2) is 9.41. The number of benzodiazepines with no additional fused rings is 1. The van der Waals surface area contributed by atoms with Crippen molar-refractivity contribution in [2.24, 2.45) is 4.99 Å². The number of para-hydroxylation sites is 1. The van der Waals surface area contributed by atoms with E-state index in [1.54, 1.807) is 53.2 Å². The average Bonchev–Trinajstić information content (AvgIpc) is 3.51. The van der Waals surface area contributed by atoms with E-state index in [9.17, 15) is 18.4 Å². The Morgan fingerprint density at radius 2 is 1.70 bits per heavy atom. The van der Waals surface area contributed by atoms with Gasteiger partial charge in [0.2, 0.25) is 12.0 Å². The third-order valence-electron chi connectivity index (χ3n) is 7.54. The van der Waals surface area contributed by atoms with Crippen LogP contribution in [0.3, 0.4) is 0 Å². The summed E-state index contributed by atoms with van der Waals surface area (Å²) in [5.74, 6) is -2.36. The first kappa shape index (κ1) is 24.2. The molecule has 2 bridgehead atoms. The Kier molecular flexibility index (Phi) is 5.69. The van der Waals surface area contributed by atoms with Crippen molar-refractivity contribution < 1.29 is 23.1 Å². The van der Waals surface area contributed by atoms with Crippen molar-refractivity contribution in [3.05, 3.63) is 101 Å². The first-order chi connectivity index (χ1) is 19.5. The van der Waals surface area contributed by atoms with Gasteiger partial charge in [-0.25, -0.2) is 18.5 Å². The highest BCUT2D eigenvalue weighted by Gasteiger charge is 2.41. The lowest BCUT2D eigenvalue weighted by Crippen LogP contribution is -2.42. The van der Waals surface area contributed by atoms with Crippen molar-refractivity contribution >= 4 is 23.2 Å². The van der Waals surface area contributed by atoms with Crippen molar-refractivity contribution in [1.82, 2.24) is 15.1 Å². The number of nitrogens with one attached hydrogen (secondary N) is 2. The maximum atomic E-state index is 14.9. The normalized spacial score (nSPS) is 20.9. The van der Waals surface area contributed by atoms with Gasteiger partial charge < -0.3 is 15.4 Å². The van der Waals surface area contributed by atoms with Crippen LogP contribution in [0.4, 0.5) is 14.5 Å². The van der Waals surface area contributed by atoms with Crippen molar-refractivity contribution in [3.8, 4) is 17.1 Å². The summed E-state index contributed by atoms with van der Waals surface area (Å²) in [6.45, 7) is 0. The fraction of sp³-hybridized carbons (Fsp3) is 0.200. The number of rotatable bonds is 4. The van der Waals surface area contributed by atoms with Gasteiger partial charge in [-0.2, -0.15) is 5.10 Å². The van der Waals surface area contributed by atoms with E-state index in [4.69, 9.17) is 4.74 Å². The lowest BCUT2D eigenvalue weighted by Gasteiger charge is -2.23. The Balaban J connectivity index is 1.33. The summed E-state index contributed by atoms with van der Waals surface area (Å²) in [5, 5.41) is 9.88. The van der Waals surface area contributed by atoms with Gasteiger partial charge in [0.05, 0.1) is 17.4 Å². The Bertz CT molecular complexity index is 1700. The van der Waals surface area contributed by atoms with E-state index in [-0.39, 0.29) is 40.5 Å². The minimum absolute atomic E-state index is 0.0262. The van der Waals surface area contributed by atoms with E-state index < -0.39 is 29.6 Å². The minimum Gasteiger partial charge on any atom is -0.474 e. The molecule has 200 valence electrons. The Morgan fingerprint density at radius 1 is 0.950 bits per heavy atom. The van der Waals surface area contributed by atoms with Gasteiger partial charge in [-0.3, -0.25) is 9.59 Å². The summed E-state index contributed by atoms with van der Waals surface area (Å²) in [6, 6.07) is 19.5. The summed E-state index contributed by atoms with van der Waals surface area (Å²) >= 11 is 0. The van der Waals surface area contributed by atoms with Gasteiger partial charge in [0.15, 0.2) is 0 Å². The number of carbonyl (C=O) groups is 2. The second-order valence-electron chi connectivity index (χ2n) is 10.0. The Labute approximate surface area is 227 Å². The number of anilines is 1. The zero-order chi connectivity index (χ0) is 27.4. The minimum atomic E-state index is -1.42. The highest BCUT2D eigenvalue weighted by Crippen LogP contribution is 2.44. The van der Waals surface area contributed by atoms with Crippen LogP contribution in [-0.4, -0.2) is 39.6 Å². The summed E-state index contributed by atoms with van der Waals surface area (Å²) in [4.78, 5) is 31.8. The molecule has 3 aliphatic rings. The van der Waals surface area contributed by atoms with Gasteiger partial charge in [0.1, 0.15) is 29.0 Å². The Hall–Kier alpha value is -4.86. The van der Waals surface area contributed by atoms with Crippen molar-refractivity contribution in [1.29, 1.82) is 0 Å². The van der Waals surface area contributed by atoms with E-state index in [1.807, 2.05) is 6.07 Å². The lowest BCUT2D eigenvalue weighted by atomic mass is 10.0. The van der Waals surface area contributed by atoms with Gasteiger partial charge in [-0.1, -0.05) is 54.6 Å². The maximum Gasteiger partial charge on any atom is 0.269 e. The number of carbonyl (C=O) groups excluding carboxylic acids is 2. The summed E-state index contributed by atoms with van der Waals surface area (Å²) in [5.41, 5.74) is 1.61. The van der Waals surface area contributed by atoms with Gasteiger partial charge >= 0.3 is 0 Å². The van der Waals surface area contributed by atoms with Crippen LogP contribution in [0.5, 0.6) is 5.88 Å². The molecule has 3 atom stereocenters. The molecule has 1 aliphatic carbocycles. The summed E-state index contributed by atoms with van der Waals surface area (Å²) in [7, 11) is 0. The molecule has 3 heterocycles. The molecule has 2 amide bonds. The van der Waals surface area contributed by atoms with Crippen molar-refractivity contribution in [3.63, 3.8) is 0 Å². The zero-order valence-corrected chi connectivity index (χ0v) is 21.1. The first-order valence-electron chi connectivity index (χ1n) is 13.1. The van der Waals surface area contributed by atoms with Crippen LogP contribution in [0, 0.1) is 11.6 Å². The number of aliphatic imine (C=N–C) groups is 1. The molecular weight excluding hydrogens is 516 g/mol. The number of halogens is 2. The number of aromatic nitrogens is 2. The smallest absolute Gasteiger partial charge is 0.269 e. The third-order valence-corrected chi connectivity index (χ3v) is 7.54. The number of fused-ring (bicyclic) bond motifs is 5. The van der Waals surface area contributed by atoms with Crippen LogP contribution in [0.25, 0.3) is 11.3 Å². The van der Waals surface area contributed by atoms with Crippen LogP contribution >= 0.6 is 0 Å². The van der Waals surface area contributed by atoms with Gasteiger partial charge in [-0.05, 0) is 31.0 Å². The lowest BCUT2D eigenvalue weighted by molar-refractivity contribution is -0.117. The fourth-order valence-electron chi connectivity index (χ4n) is 5.65. The number of benzene rings is 3. The molecule has 0 saturated heterocycles. The topological polar surface area (TPSA) is 97.6 Å². The molecule has 2 N–H and O–H groups in total. The van der Waals surface area contributed by atoms with E-state index in [1.165, 1.54) is 18.2 Å². The number of hydrogen-bond acceptors (Lipinski definition) is 5. The molecule has 7 rings (SSSR count). The molecular formula is C30H23F2N5O3. The maximum absolute atomic E-state index is 14.9. The molecule has 1 fully saturated rings. The molecule has 0 unspecified atom stereocenters. The first-order valence-corrected chi connectivity index (χ1v) is 13.1. The highest BCUT2D eigenvalue weighted by molar-refractivity contribution is 6.20. The standard InChI is InChI=1S/C30H23F2N5O3/c31-21-11-5-4-9-19(21)26-23(30-37(36-26)17-13-14-18(15-17)40-30)28(38)35-27-29(39)34-25-20(10-6-12-22(25)32)24(33-27)16-7-2-1-3-8-16/h1-12,17-18,27H,13-15H2,(H,34,39)(H,35,38)/t17-,18+,27+/m0/s1. The predicted molar refractivity (Wildman–Crippen MR) is 143 cm³/mol. The number of ether oxygens (including phenoxy) is 1. The third kappa shape index (κ3) is 3.95. The molecule has 3 aromatic carbocycles. The number of nitrogens with zero attached hydrogens (tertiary/aromatic N) is 3.